The minimum atomic E-state index is -0.643. The molecule has 104 valence electrons. The number of carboxylic acids is 1. The lowest BCUT2D eigenvalue weighted by atomic mass is 9.97. The molecule has 1 aromatic rings. The lowest BCUT2D eigenvalue weighted by molar-refractivity contribution is -0.143. The summed E-state index contributed by atoms with van der Waals surface area (Å²) in [6, 6.07) is 7.87. The fourth-order valence-corrected chi connectivity index (χ4v) is 3.27. The van der Waals surface area contributed by atoms with Crippen LogP contribution in [0, 0.1) is 5.92 Å². The number of carbonyl (C=O) groups is 1. The van der Waals surface area contributed by atoms with Gasteiger partial charge >= 0.3 is 5.97 Å². The molecule has 0 radical (unpaired) electrons. The Bertz CT molecular complexity index is 416. The van der Waals surface area contributed by atoms with E-state index in [-0.39, 0.29) is 5.92 Å². The van der Waals surface area contributed by atoms with Gasteiger partial charge in [-0.15, -0.1) is 11.8 Å². The minimum Gasteiger partial charge on any atom is -0.481 e. The second-order valence-electron chi connectivity index (χ2n) is 4.76. The van der Waals surface area contributed by atoms with Gasteiger partial charge in [-0.2, -0.15) is 0 Å². The Morgan fingerprint density at radius 2 is 1.95 bits per heavy atom. The zero-order valence-electron chi connectivity index (χ0n) is 10.7. The third-order valence-corrected chi connectivity index (χ3v) is 4.67. The molecule has 1 N–H and O–H groups in total. The normalized spacial score (nSPS) is 17.5. The average Bonchev–Trinajstić information content (AvgIpc) is 2.41. The van der Waals surface area contributed by atoms with Gasteiger partial charge in [-0.05, 0) is 50.2 Å². The number of thioether (sulfide) groups is 1. The number of benzene rings is 1. The van der Waals surface area contributed by atoms with E-state index >= 15 is 0 Å². The molecular weight excluding hydrogens is 282 g/mol. The van der Waals surface area contributed by atoms with Crippen molar-refractivity contribution in [2.45, 2.75) is 17.7 Å². The highest BCUT2D eigenvalue weighted by atomic mass is 35.5. The van der Waals surface area contributed by atoms with Gasteiger partial charge < -0.3 is 10.0 Å². The third kappa shape index (κ3) is 4.71. The lowest BCUT2D eigenvalue weighted by Gasteiger charge is -2.29. The van der Waals surface area contributed by atoms with E-state index in [9.17, 15) is 4.79 Å². The Kier molecular flexibility index (Phi) is 5.55. The zero-order valence-corrected chi connectivity index (χ0v) is 12.3. The third-order valence-electron chi connectivity index (χ3n) is 3.43. The predicted molar refractivity (Wildman–Crippen MR) is 79.0 cm³/mol. The summed E-state index contributed by atoms with van der Waals surface area (Å²) >= 11 is 7.65. The van der Waals surface area contributed by atoms with Crippen molar-refractivity contribution in [1.82, 2.24) is 4.90 Å². The Hall–Kier alpha value is -0.710. The van der Waals surface area contributed by atoms with Crippen LogP contribution in [0.3, 0.4) is 0 Å². The molecule has 19 heavy (non-hydrogen) atoms. The molecule has 1 heterocycles. The first-order valence-electron chi connectivity index (χ1n) is 6.48. The number of likely N-dealkylation sites (tertiary alicyclic amines) is 1. The lowest BCUT2D eigenvalue weighted by Crippen LogP contribution is -2.37. The highest BCUT2D eigenvalue weighted by Gasteiger charge is 2.23. The van der Waals surface area contributed by atoms with Crippen LogP contribution in [0.2, 0.25) is 5.02 Å². The van der Waals surface area contributed by atoms with Crippen LogP contribution in [0.1, 0.15) is 12.8 Å². The van der Waals surface area contributed by atoms with E-state index in [2.05, 4.69) is 4.90 Å². The van der Waals surface area contributed by atoms with Crippen molar-refractivity contribution in [2.24, 2.45) is 5.92 Å². The summed E-state index contributed by atoms with van der Waals surface area (Å²) in [6.07, 6.45) is 1.56. The first-order chi connectivity index (χ1) is 9.15. The zero-order chi connectivity index (χ0) is 13.7. The molecule has 0 saturated carbocycles. The first kappa shape index (κ1) is 14.7. The number of hydrogen-bond donors (Lipinski definition) is 1. The van der Waals surface area contributed by atoms with E-state index in [1.165, 1.54) is 4.90 Å². The molecule has 0 aromatic heterocycles. The highest BCUT2D eigenvalue weighted by molar-refractivity contribution is 7.99. The molecule has 3 nitrogen and oxygen atoms in total. The molecule has 1 aromatic carbocycles. The second-order valence-corrected chi connectivity index (χ2v) is 6.36. The highest BCUT2D eigenvalue weighted by Crippen LogP contribution is 2.22. The molecule has 2 rings (SSSR count). The smallest absolute Gasteiger partial charge is 0.306 e. The number of aliphatic carboxylic acids is 1. The number of nitrogens with zero attached hydrogens (tertiary/aromatic N) is 1. The van der Waals surface area contributed by atoms with Gasteiger partial charge in [0.15, 0.2) is 0 Å². The van der Waals surface area contributed by atoms with Crippen LogP contribution < -0.4 is 0 Å². The number of carboxylic acid groups (broad SMARTS) is 1. The molecule has 0 atom stereocenters. The molecule has 0 bridgehead atoms. The van der Waals surface area contributed by atoms with Crippen LogP contribution in [0.25, 0.3) is 0 Å². The van der Waals surface area contributed by atoms with Crippen LogP contribution >= 0.6 is 23.4 Å². The monoisotopic (exact) mass is 299 g/mol. The predicted octanol–water partition coefficient (Wildman–Crippen LogP) is 3.23. The molecule has 0 amide bonds. The van der Waals surface area contributed by atoms with Crippen LogP contribution in [-0.2, 0) is 4.79 Å². The fraction of sp³-hybridized carbons (Fsp3) is 0.500. The quantitative estimate of drug-likeness (QED) is 0.848. The standard InChI is InChI=1S/C14H18ClNO2S/c15-12-1-3-13(4-2-12)19-10-9-16-7-5-11(6-8-16)14(17)18/h1-4,11H,5-10H2,(H,17,18). The van der Waals surface area contributed by atoms with E-state index in [0.717, 1.165) is 43.3 Å². The van der Waals surface area contributed by atoms with Crippen LogP contribution in [0.5, 0.6) is 0 Å². The summed E-state index contributed by atoms with van der Waals surface area (Å²) in [4.78, 5) is 14.4. The van der Waals surface area contributed by atoms with Crippen molar-refractivity contribution in [3.63, 3.8) is 0 Å². The van der Waals surface area contributed by atoms with Gasteiger partial charge in [-0.25, -0.2) is 0 Å². The molecule has 0 unspecified atom stereocenters. The van der Waals surface area contributed by atoms with Crippen LogP contribution in [0.4, 0.5) is 0 Å². The summed E-state index contributed by atoms with van der Waals surface area (Å²) in [5.41, 5.74) is 0. The Morgan fingerprint density at radius 1 is 1.32 bits per heavy atom. The number of piperidine rings is 1. The van der Waals surface area contributed by atoms with E-state index in [1.54, 1.807) is 0 Å². The number of rotatable bonds is 5. The van der Waals surface area contributed by atoms with E-state index in [4.69, 9.17) is 16.7 Å². The van der Waals surface area contributed by atoms with Crippen LogP contribution in [0.15, 0.2) is 29.2 Å². The van der Waals surface area contributed by atoms with E-state index in [0.29, 0.717) is 0 Å². The number of hydrogen-bond acceptors (Lipinski definition) is 3. The molecule has 1 saturated heterocycles. The van der Waals surface area contributed by atoms with Gasteiger partial charge in [0, 0.05) is 22.2 Å². The maximum atomic E-state index is 10.9. The summed E-state index contributed by atoms with van der Waals surface area (Å²) in [5.74, 6) is 0.245. The average molecular weight is 300 g/mol. The van der Waals surface area contributed by atoms with Crippen molar-refractivity contribution < 1.29 is 9.90 Å². The number of halogens is 1. The maximum Gasteiger partial charge on any atom is 0.306 e. The van der Waals surface area contributed by atoms with Crippen molar-refractivity contribution in [2.75, 3.05) is 25.4 Å². The van der Waals surface area contributed by atoms with Crippen molar-refractivity contribution in [3.8, 4) is 0 Å². The summed E-state index contributed by atoms with van der Waals surface area (Å²) in [5, 5.41) is 9.70. The molecule has 0 aliphatic carbocycles. The van der Waals surface area contributed by atoms with Gasteiger partial charge in [0.2, 0.25) is 0 Å². The van der Waals surface area contributed by atoms with E-state index < -0.39 is 5.97 Å². The van der Waals surface area contributed by atoms with Crippen LogP contribution in [-0.4, -0.2) is 41.4 Å². The topological polar surface area (TPSA) is 40.5 Å². The first-order valence-corrected chi connectivity index (χ1v) is 7.85. The Morgan fingerprint density at radius 3 is 2.53 bits per heavy atom. The second kappa shape index (κ2) is 7.17. The van der Waals surface area contributed by atoms with E-state index in [1.807, 2.05) is 36.0 Å². The van der Waals surface area contributed by atoms with Crippen molar-refractivity contribution >= 4 is 29.3 Å². The Labute approximate surface area is 122 Å². The largest absolute Gasteiger partial charge is 0.481 e. The van der Waals surface area contributed by atoms with Crippen molar-refractivity contribution in [3.05, 3.63) is 29.3 Å². The molecule has 1 aliphatic rings. The summed E-state index contributed by atoms with van der Waals surface area (Å²) < 4.78 is 0. The summed E-state index contributed by atoms with van der Waals surface area (Å²) in [7, 11) is 0. The molecule has 1 aliphatic heterocycles. The fourth-order valence-electron chi connectivity index (χ4n) is 2.23. The molecular formula is C14H18ClNO2S. The van der Waals surface area contributed by atoms with Gasteiger partial charge in [0.1, 0.15) is 0 Å². The Balaban J connectivity index is 1.67. The van der Waals surface area contributed by atoms with Crippen molar-refractivity contribution in [1.29, 1.82) is 0 Å². The molecule has 1 fully saturated rings. The minimum absolute atomic E-state index is 0.139. The molecule has 5 heteroatoms. The van der Waals surface area contributed by atoms with Gasteiger partial charge in [0.25, 0.3) is 0 Å². The molecule has 0 spiro atoms. The summed E-state index contributed by atoms with van der Waals surface area (Å²) in [6.45, 7) is 2.82. The SMILES string of the molecule is O=C(O)C1CCN(CCSc2ccc(Cl)cc2)CC1. The van der Waals surface area contributed by atoms with Gasteiger partial charge in [-0.1, -0.05) is 11.6 Å². The van der Waals surface area contributed by atoms with Gasteiger partial charge in [-0.3, -0.25) is 4.79 Å². The van der Waals surface area contributed by atoms with Gasteiger partial charge in [0.05, 0.1) is 5.92 Å². The maximum absolute atomic E-state index is 10.9.